The summed E-state index contributed by atoms with van der Waals surface area (Å²) in [4.78, 5) is 22.6. The van der Waals surface area contributed by atoms with Gasteiger partial charge in [-0.15, -0.1) is 0 Å². The molecule has 1 amide bonds. The number of nitrogens with zero attached hydrogens (tertiary/aromatic N) is 2. The van der Waals surface area contributed by atoms with Gasteiger partial charge in [0, 0.05) is 12.1 Å². The Balaban J connectivity index is 1.62. The summed E-state index contributed by atoms with van der Waals surface area (Å²) in [5.74, 6) is 0.619. The number of furan rings is 1. The molecule has 0 radical (unpaired) electrons. The van der Waals surface area contributed by atoms with Crippen molar-refractivity contribution in [2.24, 2.45) is 0 Å². The zero-order valence-corrected chi connectivity index (χ0v) is 16.3. The van der Waals surface area contributed by atoms with Crippen molar-refractivity contribution in [3.63, 3.8) is 0 Å². The van der Waals surface area contributed by atoms with E-state index < -0.39 is 10.8 Å². The van der Waals surface area contributed by atoms with E-state index in [1.54, 1.807) is 6.07 Å². The van der Waals surface area contributed by atoms with Crippen molar-refractivity contribution in [3.05, 3.63) is 87.4 Å². The third kappa shape index (κ3) is 5.02. The number of amides is 1. The van der Waals surface area contributed by atoms with Crippen molar-refractivity contribution < 1.29 is 18.9 Å². The van der Waals surface area contributed by atoms with Gasteiger partial charge in [-0.25, -0.2) is 0 Å². The lowest BCUT2D eigenvalue weighted by atomic mass is 10.1. The molecule has 0 aliphatic rings. The summed E-state index contributed by atoms with van der Waals surface area (Å²) in [5.41, 5.74) is 1.16. The average Bonchev–Trinajstić information content (AvgIpc) is 3.23. The monoisotopic (exact) mass is 405 g/mol. The maximum absolute atomic E-state index is 12.4. The van der Waals surface area contributed by atoms with Crippen LogP contribution in [0.25, 0.3) is 0 Å². The molecule has 0 bridgehead atoms. The van der Waals surface area contributed by atoms with Crippen molar-refractivity contribution in [3.8, 4) is 11.8 Å². The van der Waals surface area contributed by atoms with Crippen LogP contribution in [0.1, 0.15) is 40.8 Å². The van der Waals surface area contributed by atoms with Gasteiger partial charge < -0.3 is 14.5 Å². The van der Waals surface area contributed by atoms with Gasteiger partial charge in [0.15, 0.2) is 5.76 Å². The average molecular weight is 405 g/mol. The Hall–Kier alpha value is -4.12. The van der Waals surface area contributed by atoms with Crippen molar-refractivity contribution in [1.82, 2.24) is 0 Å². The number of hydrogen-bond acceptors (Lipinski definition) is 6. The van der Waals surface area contributed by atoms with Crippen LogP contribution in [0, 0.1) is 21.4 Å². The molecule has 8 heteroatoms. The Labute approximate surface area is 172 Å². The molecule has 0 fully saturated rings. The molecule has 0 aliphatic carbocycles. The molecular formula is C22H19N3O5. The predicted molar refractivity (Wildman–Crippen MR) is 109 cm³/mol. The van der Waals surface area contributed by atoms with E-state index in [9.17, 15) is 20.2 Å². The van der Waals surface area contributed by atoms with E-state index in [-0.39, 0.29) is 29.3 Å². The van der Waals surface area contributed by atoms with Crippen LogP contribution in [-0.2, 0) is 13.0 Å². The lowest BCUT2D eigenvalue weighted by Gasteiger charge is -2.06. The van der Waals surface area contributed by atoms with E-state index in [2.05, 4.69) is 12.2 Å². The highest BCUT2D eigenvalue weighted by atomic mass is 16.6. The molecule has 8 nitrogen and oxygen atoms in total. The summed E-state index contributed by atoms with van der Waals surface area (Å²) < 4.78 is 11.2. The molecule has 3 aromatic rings. The molecule has 0 saturated heterocycles. The van der Waals surface area contributed by atoms with Gasteiger partial charge in [0.1, 0.15) is 24.2 Å². The van der Waals surface area contributed by atoms with Crippen LogP contribution in [-0.4, -0.2) is 10.8 Å². The first-order valence-electron chi connectivity index (χ1n) is 9.30. The van der Waals surface area contributed by atoms with Crippen LogP contribution in [0.4, 0.5) is 11.4 Å². The Morgan fingerprint density at radius 1 is 1.20 bits per heavy atom. The lowest BCUT2D eigenvalue weighted by molar-refractivity contribution is -0.384. The van der Waals surface area contributed by atoms with Crippen molar-refractivity contribution in [1.29, 1.82) is 5.26 Å². The van der Waals surface area contributed by atoms with E-state index in [0.29, 0.717) is 11.5 Å². The summed E-state index contributed by atoms with van der Waals surface area (Å²) in [6.07, 6.45) is 2.09. The molecule has 152 valence electrons. The number of nitro benzene ring substituents is 1. The van der Waals surface area contributed by atoms with Crippen LogP contribution >= 0.6 is 0 Å². The molecule has 1 N–H and O–H groups in total. The maximum Gasteiger partial charge on any atom is 0.291 e. The fraction of sp³-hybridized carbons (Fsp3) is 0.182. The van der Waals surface area contributed by atoms with Crippen LogP contribution < -0.4 is 10.1 Å². The normalized spacial score (nSPS) is 10.3. The number of nitro groups is 1. The van der Waals surface area contributed by atoms with Gasteiger partial charge in [-0.05, 0) is 42.3 Å². The van der Waals surface area contributed by atoms with Gasteiger partial charge >= 0.3 is 0 Å². The van der Waals surface area contributed by atoms with E-state index in [0.717, 1.165) is 18.9 Å². The van der Waals surface area contributed by atoms with Crippen LogP contribution in [0.5, 0.6) is 5.75 Å². The number of non-ortho nitro benzene ring substituents is 1. The third-order valence-corrected chi connectivity index (χ3v) is 4.31. The zero-order chi connectivity index (χ0) is 21.5. The summed E-state index contributed by atoms with van der Waals surface area (Å²) >= 11 is 0. The van der Waals surface area contributed by atoms with Crippen LogP contribution in [0.3, 0.4) is 0 Å². The largest absolute Gasteiger partial charge is 0.486 e. The first kappa shape index (κ1) is 20.6. The minimum absolute atomic E-state index is 0.0146. The molecule has 0 aliphatic heterocycles. The van der Waals surface area contributed by atoms with Crippen LogP contribution in [0.15, 0.2) is 59.0 Å². The highest BCUT2D eigenvalue weighted by molar-refractivity contribution is 6.03. The van der Waals surface area contributed by atoms with Gasteiger partial charge in [-0.3, -0.25) is 14.9 Å². The van der Waals surface area contributed by atoms with Gasteiger partial charge in [0.05, 0.1) is 16.2 Å². The Bertz CT molecular complexity index is 1100. The third-order valence-electron chi connectivity index (χ3n) is 4.31. The number of ether oxygens (including phenoxy) is 1. The first-order valence-corrected chi connectivity index (χ1v) is 9.30. The van der Waals surface area contributed by atoms with Crippen molar-refractivity contribution >= 4 is 17.3 Å². The molecule has 0 spiro atoms. The van der Waals surface area contributed by atoms with Gasteiger partial charge in [0.25, 0.3) is 11.6 Å². The van der Waals surface area contributed by atoms with Crippen LogP contribution in [0.2, 0.25) is 0 Å². The number of nitrogens with one attached hydrogen (secondary N) is 1. The highest BCUT2D eigenvalue weighted by Crippen LogP contribution is 2.23. The number of rotatable bonds is 8. The lowest BCUT2D eigenvalue weighted by Crippen LogP contribution is -2.12. The fourth-order valence-corrected chi connectivity index (χ4v) is 2.80. The number of anilines is 1. The Kier molecular flexibility index (Phi) is 6.45. The second-order valence-corrected chi connectivity index (χ2v) is 6.50. The molecule has 3 rings (SSSR count). The number of aryl methyl sites for hydroxylation is 1. The smallest absolute Gasteiger partial charge is 0.291 e. The quantitative estimate of drug-likeness (QED) is 0.423. The number of carbonyl (C=O) groups is 1. The number of benzene rings is 2. The topological polar surface area (TPSA) is 118 Å². The SMILES string of the molecule is CCCc1ccc(OCc2ccc(C(=O)Nc3ccc([N+](=O)[O-])cc3C#N)o2)cc1. The minimum Gasteiger partial charge on any atom is -0.486 e. The van der Waals surface area contributed by atoms with Crippen molar-refractivity contribution in [2.75, 3.05) is 5.32 Å². The highest BCUT2D eigenvalue weighted by Gasteiger charge is 2.16. The summed E-state index contributed by atoms with van der Waals surface area (Å²) in [7, 11) is 0. The molecule has 1 heterocycles. The Morgan fingerprint density at radius 2 is 1.97 bits per heavy atom. The van der Waals surface area contributed by atoms with Gasteiger partial charge in [-0.2, -0.15) is 5.26 Å². The molecular weight excluding hydrogens is 386 g/mol. The van der Waals surface area contributed by atoms with Crippen molar-refractivity contribution in [2.45, 2.75) is 26.4 Å². The standard InChI is InChI=1S/C22H19N3O5/c1-2-3-15-4-7-18(8-5-15)29-14-19-9-11-21(30-19)22(26)24-20-10-6-17(25(27)28)12-16(20)13-23/h4-12H,2-3,14H2,1H3,(H,24,26). The molecule has 0 unspecified atom stereocenters. The maximum atomic E-state index is 12.4. The van der Waals surface area contributed by atoms with E-state index in [4.69, 9.17) is 9.15 Å². The van der Waals surface area contributed by atoms with Gasteiger partial charge in [0.2, 0.25) is 0 Å². The van der Waals surface area contributed by atoms with E-state index in [1.807, 2.05) is 30.3 Å². The molecule has 0 atom stereocenters. The Morgan fingerprint density at radius 3 is 2.63 bits per heavy atom. The number of nitriles is 1. The fourth-order valence-electron chi connectivity index (χ4n) is 2.80. The number of carbonyl (C=O) groups excluding carboxylic acids is 1. The van der Waals surface area contributed by atoms with E-state index in [1.165, 1.54) is 23.8 Å². The first-order chi connectivity index (χ1) is 14.5. The summed E-state index contributed by atoms with van der Waals surface area (Å²) in [6.45, 7) is 2.28. The zero-order valence-electron chi connectivity index (χ0n) is 16.3. The second-order valence-electron chi connectivity index (χ2n) is 6.50. The van der Waals surface area contributed by atoms with Gasteiger partial charge in [-0.1, -0.05) is 25.5 Å². The molecule has 30 heavy (non-hydrogen) atoms. The molecule has 2 aromatic carbocycles. The second kappa shape index (κ2) is 9.39. The summed E-state index contributed by atoms with van der Waals surface area (Å²) in [6, 6.07) is 16.4. The number of hydrogen-bond donors (Lipinski definition) is 1. The van der Waals surface area contributed by atoms with E-state index >= 15 is 0 Å². The minimum atomic E-state index is -0.609. The molecule has 1 aromatic heterocycles. The predicted octanol–water partition coefficient (Wildman–Crippen LogP) is 4.84. The summed E-state index contributed by atoms with van der Waals surface area (Å²) in [5, 5.41) is 22.5. The molecule has 0 saturated carbocycles.